The summed E-state index contributed by atoms with van der Waals surface area (Å²) in [5.41, 5.74) is 0.362. The molecule has 0 aromatic heterocycles. The van der Waals surface area contributed by atoms with Crippen molar-refractivity contribution in [1.29, 1.82) is 0 Å². The van der Waals surface area contributed by atoms with Gasteiger partial charge in [-0.1, -0.05) is 37.3 Å². The lowest BCUT2D eigenvalue weighted by Crippen LogP contribution is -2.44. The van der Waals surface area contributed by atoms with E-state index in [-0.39, 0.29) is 11.5 Å². The highest BCUT2D eigenvalue weighted by molar-refractivity contribution is 6.01. The molecule has 126 valence electrons. The number of benzene rings is 2. The number of hydrogen-bond donors (Lipinski definition) is 1. The Morgan fingerprint density at radius 1 is 1.08 bits per heavy atom. The molecule has 3 rings (SSSR count). The Morgan fingerprint density at radius 3 is 2.46 bits per heavy atom. The van der Waals surface area contributed by atoms with Gasteiger partial charge in [0.1, 0.15) is 6.17 Å². The molecule has 1 amide bonds. The number of nitrogens with zero attached hydrogens (tertiary/aromatic N) is 1. The van der Waals surface area contributed by atoms with Crippen molar-refractivity contribution in [2.24, 2.45) is 0 Å². The first-order valence-corrected chi connectivity index (χ1v) is 7.76. The second-order valence-electron chi connectivity index (χ2n) is 5.68. The van der Waals surface area contributed by atoms with Crippen LogP contribution in [0.1, 0.15) is 41.0 Å². The van der Waals surface area contributed by atoms with Gasteiger partial charge in [-0.3, -0.25) is 4.79 Å². The van der Waals surface area contributed by atoms with E-state index in [0.717, 1.165) is 6.07 Å². The molecule has 1 aliphatic rings. The van der Waals surface area contributed by atoms with Crippen molar-refractivity contribution in [2.75, 3.05) is 11.9 Å². The Balaban J connectivity index is 2.12. The molecule has 24 heavy (non-hydrogen) atoms. The minimum atomic E-state index is -4.48. The minimum absolute atomic E-state index is 0.0568. The third-order valence-corrected chi connectivity index (χ3v) is 4.05. The number of carbonyl (C=O) groups is 1. The van der Waals surface area contributed by atoms with Crippen LogP contribution in [0.3, 0.4) is 0 Å². The lowest BCUT2D eigenvalue weighted by Gasteiger charge is -2.39. The van der Waals surface area contributed by atoms with Crippen LogP contribution < -0.4 is 5.32 Å². The molecule has 0 aliphatic carbocycles. The average molecular weight is 334 g/mol. The van der Waals surface area contributed by atoms with E-state index in [1.807, 2.05) is 6.92 Å². The maximum atomic E-state index is 13.4. The third kappa shape index (κ3) is 2.84. The molecular weight excluding hydrogens is 317 g/mol. The molecule has 1 heterocycles. The van der Waals surface area contributed by atoms with Crippen molar-refractivity contribution in [3.8, 4) is 0 Å². The maximum Gasteiger partial charge on any atom is 0.416 e. The number of para-hydroxylation sites is 1. The molecule has 1 N–H and O–H groups in total. The fourth-order valence-corrected chi connectivity index (χ4v) is 3.00. The van der Waals surface area contributed by atoms with Crippen LogP contribution in [-0.4, -0.2) is 17.4 Å². The molecule has 1 aliphatic heterocycles. The number of anilines is 1. The standard InChI is InChI=1S/C18H17F3N2O/c1-2-11-23-16(12-7-3-5-9-14(12)18(19,20)21)22-15-10-6-4-8-13(15)17(23)24/h3-10,16,22H,2,11H2,1H3/t16-/m1/s1. The van der Waals surface area contributed by atoms with E-state index in [1.165, 1.54) is 17.0 Å². The normalized spacial score (nSPS) is 17.4. The third-order valence-electron chi connectivity index (χ3n) is 4.05. The lowest BCUT2D eigenvalue weighted by atomic mass is 9.99. The Morgan fingerprint density at radius 2 is 1.75 bits per heavy atom. The first-order chi connectivity index (χ1) is 11.4. The highest BCUT2D eigenvalue weighted by Crippen LogP contribution is 2.39. The first-order valence-electron chi connectivity index (χ1n) is 7.76. The van der Waals surface area contributed by atoms with Crippen molar-refractivity contribution in [3.05, 3.63) is 65.2 Å². The van der Waals surface area contributed by atoms with Crippen LogP contribution in [0.2, 0.25) is 0 Å². The Bertz CT molecular complexity index is 758. The first kappa shape index (κ1) is 16.4. The summed E-state index contributed by atoms with van der Waals surface area (Å²) in [5, 5.41) is 3.10. The molecule has 0 fully saturated rings. The summed E-state index contributed by atoms with van der Waals surface area (Å²) >= 11 is 0. The monoisotopic (exact) mass is 334 g/mol. The van der Waals surface area contributed by atoms with E-state index >= 15 is 0 Å². The summed E-state index contributed by atoms with van der Waals surface area (Å²) in [6, 6.07) is 12.3. The van der Waals surface area contributed by atoms with Gasteiger partial charge < -0.3 is 10.2 Å². The summed E-state index contributed by atoms with van der Waals surface area (Å²) in [5.74, 6) is -0.256. The SMILES string of the molecule is CCCN1C(=O)c2ccccc2N[C@H]1c1ccccc1C(F)(F)F. The number of rotatable bonds is 3. The summed E-state index contributed by atoms with van der Waals surface area (Å²) in [6.07, 6.45) is -4.67. The quantitative estimate of drug-likeness (QED) is 0.884. The van der Waals surface area contributed by atoms with Crippen molar-refractivity contribution < 1.29 is 18.0 Å². The van der Waals surface area contributed by atoms with Gasteiger partial charge in [0.05, 0.1) is 11.1 Å². The zero-order valence-electron chi connectivity index (χ0n) is 13.1. The van der Waals surface area contributed by atoms with Gasteiger partial charge in [0.15, 0.2) is 0 Å². The van der Waals surface area contributed by atoms with Crippen LogP contribution in [0, 0.1) is 0 Å². The summed E-state index contributed by atoms with van der Waals surface area (Å²) in [7, 11) is 0. The largest absolute Gasteiger partial charge is 0.416 e. The fourth-order valence-electron chi connectivity index (χ4n) is 3.00. The van der Waals surface area contributed by atoms with Crippen molar-refractivity contribution in [3.63, 3.8) is 0 Å². The number of alkyl halides is 3. The number of nitrogens with one attached hydrogen (secondary N) is 1. The summed E-state index contributed by atoms with van der Waals surface area (Å²) in [4.78, 5) is 14.2. The second-order valence-corrected chi connectivity index (χ2v) is 5.68. The van der Waals surface area contributed by atoms with Crippen LogP contribution in [0.4, 0.5) is 18.9 Å². The molecule has 0 bridgehead atoms. The fraction of sp³-hybridized carbons (Fsp3) is 0.278. The van der Waals surface area contributed by atoms with E-state index in [1.54, 1.807) is 30.3 Å². The molecule has 2 aromatic rings. The van der Waals surface area contributed by atoms with Crippen molar-refractivity contribution >= 4 is 11.6 Å². The number of fused-ring (bicyclic) bond motifs is 1. The number of amides is 1. The molecule has 2 aromatic carbocycles. The van der Waals surface area contributed by atoms with E-state index in [4.69, 9.17) is 0 Å². The molecule has 0 spiro atoms. The van der Waals surface area contributed by atoms with Gasteiger partial charge in [0.25, 0.3) is 5.91 Å². The predicted octanol–water partition coefficient (Wildman–Crippen LogP) is 4.68. The minimum Gasteiger partial charge on any atom is -0.361 e. The van der Waals surface area contributed by atoms with Crippen LogP contribution in [0.25, 0.3) is 0 Å². The van der Waals surface area contributed by atoms with Gasteiger partial charge in [-0.15, -0.1) is 0 Å². The molecule has 6 heteroatoms. The van der Waals surface area contributed by atoms with Crippen LogP contribution >= 0.6 is 0 Å². The van der Waals surface area contributed by atoms with Crippen molar-refractivity contribution in [1.82, 2.24) is 4.90 Å². The van der Waals surface area contributed by atoms with E-state index < -0.39 is 17.9 Å². The van der Waals surface area contributed by atoms with Gasteiger partial charge in [-0.2, -0.15) is 13.2 Å². The molecule has 0 radical (unpaired) electrons. The molecule has 1 atom stereocenters. The second kappa shape index (κ2) is 6.19. The number of hydrogen-bond acceptors (Lipinski definition) is 2. The van der Waals surface area contributed by atoms with Gasteiger partial charge >= 0.3 is 6.18 Å². The Hall–Kier alpha value is -2.50. The average Bonchev–Trinajstić information content (AvgIpc) is 2.56. The maximum absolute atomic E-state index is 13.4. The van der Waals surface area contributed by atoms with Gasteiger partial charge in [-0.05, 0) is 24.6 Å². The Kier molecular flexibility index (Phi) is 4.22. The van der Waals surface area contributed by atoms with E-state index in [0.29, 0.717) is 24.2 Å². The summed E-state index contributed by atoms with van der Waals surface area (Å²) < 4.78 is 40.1. The zero-order chi connectivity index (χ0) is 17.3. The molecule has 0 saturated carbocycles. The van der Waals surface area contributed by atoms with E-state index in [2.05, 4.69) is 5.32 Å². The van der Waals surface area contributed by atoms with Crippen molar-refractivity contribution in [2.45, 2.75) is 25.7 Å². The number of carbonyl (C=O) groups excluding carboxylic acids is 1. The smallest absolute Gasteiger partial charge is 0.361 e. The van der Waals surface area contributed by atoms with Crippen LogP contribution in [0.15, 0.2) is 48.5 Å². The highest BCUT2D eigenvalue weighted by Gasteiger charge is 2.39. The van der Waals surface area contributed by atoms with Gasteiger partial charge in [-0.25, -0.2) is 0 Å². The lowest BCUT2D eigenvalue weighted by molar-refractivity contribution is -0.138. The molecule has 0 saturated heterocycles. The molecule has 3 nitrogen and oxygen atoms in total. The van der Waals surface area contributed by atoms with E-state index in [9.17, 15) is 18.0 Å². The van der Waals surface area contributed by atoms with Gasteiger partial charge in [0, 0.05) is 17.8 Å². The van der Waals surface area contributed by atoms with Crippen LogP contribution in [0.5, 0.6) is 0 Å². The summed E-state index contributed by atoms with van der Waals surface area (Å²) in [6.45, 7) is 2.26. The molecule has 0 unspecified atom stereocenters. The van der Waals surface area contributed by atoms with Gasteiger partial charge in [0.2, 0.25) is 0 Å². The topological polar surface area (TPSA) is 32.3 Å². The predicted molar refractivity (Wildman–Crippen MR) is 85.6 cm³/mol. The molecular formula is C18H17F3N2O. The Labute approximate surface area is 138 Å². The zero-order valence-corrected chi connectivity index (χ0v) is 13.1. The number of halogens is 3. The highest BCUT2D eigenvalue weighted by atomic mass is 19.4. The van der Waals surface area contributed by atoms with Crippen LogP contribution in [-0.2, 0) is 6.18 Å².